The van der Waals surface area contributed by atoms with Gasteiger partial charge in [-0.2, -0.15) is 0 Å². The standard InChI is InChI=1S/C18H15FO2/c1-21-17-11-13(9-10-16(17)19)18(20)15-8-4-6-12-5-2-3-7-14(12)15/h2-11,18,20H,1H3. The van der Waals surface area contributed by atoms with Crippen molar-refractivity contribution in [3.63, 3.8) is 0 Å². The second-order valence-electron chi connectivity index (χ2n) is 4.86. The first kappa shape index (κ1) is 13.6. The number of aliphatic hydroxyl groups is 1. The Bertz CT molecular complexity index is 778. The molecule has 0 saturated carbocycles. The van der Waals surface area contributed by atoms with Crippen molar-refractivity contribution in [1.82, 2.24) is 0 Å². The Balaban J connectivity index is 2.10. The van der Waals surface area contributed by atoms with Crippen LogP contribution in [0, 0.1) is 5.82 Å². The number of halogens is 1. The molecule has 0 aliphatic rings. The molecule has 1 N–H and O–H groups in total. The molecule has 0 fully saturated rings. The molecule has 1 unspecified atom stereocenters. The highest BCUT2D eigenvalue weighted by atomic mass is 19.1. The van der Waals surface area contributed by atoms with Crippen molar-refractivity contribution >= 4 is 10.8 Å². The fourth-order valence-corrected chi connectivity index (χ4v) is 2.51. The van der Waals surface area contributed by atoms with Crippen LogP contribution < -0.4 is 4.74 Å². The highest BCUT2D eigenvalue weighted by Crippen LogP contribution is 2.31. The van der Waals surface area contributed by atoms with Crippen LogP contribution in [-0.2, 0) is 0 Å². The van der Waals surface area contributed by atoms with Crippen LogP contribution in [-0.4, -0.2) is 12.2 Å². The largest absolute Gasteiger partial charge is 0.494 e. The Morgan fingerprint density at radius 3 is 2.57 bits per heavy atom. The van der Waals surface area contributed by atoms with E-state index in [1.165, 1.54) is 19.2 Å². The van der Waals surface area contributed by atoms with Crippen molar-refractivity contribution in [2.75, 3.05) is 7.11 Å². The second-order valence-corrected chi connectivity index (χ2v) is 4.86. The minimum absolute atomic E-state index is 0.131. The summed E-state index contributed by atoms with van der Waals surface area (Å²) in [5, 5.41) is 12.7. The van der Waals surface area contributed by atoms with Gasteiger partial charge in [-0.25, -0.2) is 4.39 Å². The minimum atomic E-state index is -0.828. The third kappa shape index (κ3) is 2.48. The van der Waals surface area contributed by atoms with Crippen LogP contribution in [0.4, 0.5) is 4.39 Å². The molecule has 0 aliphatic carbocycles. The molecule has 0 saturated heterocycles. The summed E-state index contributed by atoms with van der Waals surface area (Å²) in [5.41, 5.74) is 1.39. The Hall–Kier alpha value is -2.39. The molecule has 0 amide bonds. The van der Waals surface area contributed by atoms with Gasteiger partial charge in [0, 0.05) is 0 Å². The summed E-state index contributed by atoms with van der Waals surface area (Å²) in [6, 6.07) is 18.0. The fourth-order valence-electron chi connectivity index (χ4n) is 2.51. The molecule has 3 aromatic rings. The van der Waals surface area contributed by atoms with Gasteiger partial charge in [0.05, 0.1) is 7.11 Å². The summed E-state index contributed by atoms with van der Waals surface area (Å²) >= 11 is 0. The number of fused-ring (bicyclic) bond motifs is 1. The number of hydrogen-bond donors (Lipinski definition) is 1. The van der Waals surface area contributed by atoms with Crippen molar-refractivity contribution in [3.05, 3.63) is 77.6 Å². The molecule has 106 valence electrons. The normalized spacial score (nSPS) is 12.3. The first-order valence-electron chi connectivity index (χ1n) is 6.70. The van der Waals surface area contributed by atoms with Gasteiger partial charge in [0.15, 0.2) is 11.6 Å². The van der Waals surface area contributed by atoms with Crippen molar-refractivity contribution < 1.29 is 14.2 Å². The first-order valence-corrected chi connectivity index (χ1v) is 6.70. The lowest BCUT2D eigenvalue weighted by atomic mass is 9.96. The summed E-state index contributed by atoms with van der Waals surface area (Å²) in [5.74, 6) is -0.307. The van der Waals surface area contributed by atoms with E-state index in [0.29, 0.717) is 5.56 Å². The van der Waals surface area contributed by atoms with Crippen molar-refractivity contribution in [2.45, 2.75) is 6.10 Å². The van der Waals surface area contributed by atoms with Crippen LogP contribution in [0.1, 0.15) is 17.2 Å². The molecule has 0 aliphatic heterocycles. The predicted molar refractivity (Wildman–Crippen MR) is 81.0 cm³/mol. The van der Waals surface area contributed by atoms with Gasteiger partial charge in [0.1, 0.15) is 6.10 Å². The van der Waals surface area contributed by atoms with Gasteiger partial charge in [-0.15, -0.1) is 0 Å². The lowest BCUT2D eigenvalue weighted by Gasteiger charge is -2.15. The molecule has 0 radical (unpaired) electrons. The van der Waals surface area contributed by atoms with Gasteiger partial charge in [0.25, 0.3) is 0 Å². The molecule has 1 atom stereocenters. The Labute approximate surface area is 122 Å². The van der Waals surface area contributed by atoms with E-state index in [0.717, 1.165) is 16.3 Å². The average molecular weight is 282 g/mol. The fraction of sp³-hybridized carbons (Fsp3) is 0.111. The van der Waals surface area contributed by atoms with Crippen LogP contribution in [0.25, 0.3) is 10.8 Å². The quantitative estimate of drug-likeness (QED) is 0.784. The van der Waals surface area contributed by atoms with E-state index in [1.54, 1.807) is 6.07 Å². The molecular weight excluding hydrogens is 267 g/mol. The number of methoxy groups -OCH3 is 1. The highest BCUT2D eigenvalue weighted by molar-refractivity contribution is 5.86. The molecule has 3 rings (SSSR count). The van der Waals surface area contributed by atoms with E-state index in [-0.39, 0.29) is 5.75 Å². The summed E-state index contributed by atoms with van der Waals surface area (Å²) in [4.78, 5) is 0. The third-order valence-electron chi connectivity index (χ3n) is 3.61. The molecule has 3 aromatic carbocycles. The van der Waals surface area contributed by atoms with Gasteiger partial charge >= 0.3 is 0 Å². The lowest BCUT2D eigenvalue weighted by Crippen LogP contribution is -2.01. The summed E-state index contributed by atoms with van der Waals surface area (Å²) in [6.45, 7) is 0. The van der Waals surface area contributed by atoms with Crippen molar-refractivity contribution in [1.29, 1.82) is 0 Å². The second kappa shape index (κ2) is 5.54. The number of benzene rings is 3. The number of ether oxygens (including phenoxy) is 1. The zero-order chi connectivity index (χ0) is 14.8. The van der Waals surface area contributed by atoms with Crippen LogP contribution >= 0.6 is 0 Å². The topological polar surface area (TPSA) is 29.5 Å². The molecule has 0 heterocycles. The molecule has 3 heteroatoms. The summed E-state index contributed by atoms with van der Waals surface area (Å²) in [6.07, 6.45) is -0.828. The zero-order valence-corrected chi connectivity index (χ0v) is 11.6. The Kier molecular flexibility index (Phi) is 3.59. The zero-order valence-electron chi connectivity index (χ0n) is 11.6. The molecule has 0 bridgehead atoms. The minimum Gasteiger partial charge on any atom is -0.494 e. The van der Waals surface area contributed by atoms with Gasteiger partial charge < -0.3 is 9.84 Å². The van der Waals surface area contributed by atoms with Gasteiger partial charge in [-0.1, -0.05) is 48.5 Å². The average Bonchev–Trinajstić information content (AvgIpc) is 2.54. The van der Waals surface area contributed by atoms with E-state index in [4.69, 9.17) is 4.74 Å². The van der Waals surface area contributed by atoms with Gasteiger partial charge in [-0.05, 0) is 34.0 Å². The molecule has 21 heavy (non-hydrogen) atoms. The van der Waals surface area contributed by atoms with E-state index in [9.17, 15) is 9.50 Å². The summed E-state index contributed by atoms with van der Waals surface area (Å²) < 4.78 is 18.5. The molecule has 2 nitrogen and oxygen atoms in total. The van der Waals surface area contributed by atoms with E-state index < -0.39 is 11.9 Å². The van der Waals surface area contributed by atoms with Crippen LogP contribution in [0.2, 0.25) is 0 Å². The third-order valence-corrected chi connectivity index (χ3v) is 3.61. The van der Waals surface area contributed by atoms with Gasteiger partial charge in [-0.3, -0.25) is 0 Å². The van der Waals surface area contributed by atoms with Crippen molar-refractivity contribution in [3.8, 4) is 5.75 Å². The van der Waals surface area contributed by atoms with E-state index in [1.807, 2.05) is 42.5 Å². The predicted octanol–water partition coefficient (Wildman–Crippen LogP) is 4.07. The van der Waals surface area contributed by atoms with Crippen LogP contribution in [0.3, 0.4) is 0 Å². The number of aliphatic hydroxyl groups excluding tert-OH is 1. The smallest absolute Gasteiger partial charge is 0.165 e. The van der Waals surface area contributed by atoms with Crippen LogP contribution in [0.15, 0.2) is 60.7 Å². The summed E-state index contributed by atoms with van der Waals surface area (Å²) in [7, 11) is 1.41. The lowest BCUT2D eigenvalue weighted by molar-refractivity contribution is 0.221. The van der Waals surface area contributed by atoms with E-state index in [2.05, 4.69) is 0 Å². The molecular formula is C18H15FO2. The number of hydrogen-bond acceptors (Lipinski definition) is 2. The van der Waals surface area contributed by atoms with E-state index >= 15 is 0 Å². The first-order chi connectivity index (χ1) is 10.2. The maximum atomic E-state index is 13.5. The number of rotatable bonds is 3. The maximum absolute atomic E-state index is 13.5. The Morgan fingerprint density at radius 2 is 1.76 bits per heavy atom. The van der Waals surface area contributed by atoms with Crippen molar-refractivity contribution in [2.24, 2.45) is 0 Å². The van der Waals surface area contributed by atoms with Crippen LogP contribution in [0.5, 0.6) is 5.75 Å². The molecule has 0 spiro atoms. The highest BCUT2D eigenvalue weighted by Gasteiger charge is 2.15. The van der Waals surface area contributed by atoms with Gasteiger partial charge in [0.2, 0.25) is 0 Å². The Morgan fingerprint density at radius 1 is 1.00 bits per heavy atom. The monoisotopic (exact) mass is 282 g/mol. The maximum Gasteiger partial charge on any atom is 0.165 e. The SMILES string of the molecule is COc1cc(C(O)c2cccc3ccccc23)ccc1F. The molecule has 0 aromatic heterocycles.